The lowest BCUT2D eigenvalue weighted by Crippen LogP contribution is -2.28. The smallest absolute Gasteiger partial charge is 0.0642 e. The summed E-state index contributed by atoms with van der Waals surface area (Å²) in [5.41, 5.74) is 2.46. The van der Waals surface area contributed by atoms with Crippen molar-refractivity contribution in [2.75, 3.05) is 18.5 Å². The van der Waals surface area contributed by atoms with Gasteiger partial charge in [-0.15, -0.1) is 0 Å². The van der Waals surface area contributed by atoms with E-state index in [2.05, 4.69) is 49.2 Å². The summed E-state index contributed by atoms with van der Waals surface area (Å²) < 4.78 is 0. The number of benzene rings is 1. The predicted molar refractivity (Wildman–Crippen MR) is 88.7 cm³/mol. The fourth-order valence-electron chi connectivity index (χ4n) is 2.48. The van der Waals surface area contributed by atoms with Crippen LogP contribution in [0.5, 0.6) is 0 Å². The molecule has 112 valence electrons. The molecule has 2 rings (SSSR count). The van der Waals surface area contributed by atoms with Crippen LogP contribution in [0.1, 0.15) is 51.6 Å². The largest absolute Gasteiger partial charge is 0.367 e. The first-order valence-corrected chi connectivity index (χ1v) is 8.14. The zero-order chi connectivity index (χ0) is 14.7. The molecule has 0 saturated heterocycles. The van der Waals surface area contributed by atoms with E-state index in [1.54, 1.807) is 0 Å². The third-order valence-electron chi connectivity index (χ3n) is 4.15. The van der Waals surface area contributed by atoms with Gasteiger partial charge in [-0.05, 0) is 56.8 Å². The minimum absolute atomic E-state index is 0.339. The van der Waals surface area contributed by atoms with Gasteiger partial charge in [0.1, 0.15) is 0 Å². The third-order valence-corrected chi connectivity index (χ3v) is 4.45. The molecule has 0 radical (unpaired) electrons. The van der Waals surface area contributed by atoms with Crippen LogP contribution in [-0.2, 0) is 0 Å². The molecular formula is C17H27ClN2. The molecule has 0 aliphatic heterocycles. The molecular weight excluding hydrogens is 268 g/mol. The number of nitrogens with zero attached hydrogens (tertiary/aromatic N) is 1. The van der Waals surface area contributed by atoms with Crippen LogP contribution in [0.4, 0.5) is 5.69 Å². The average molecular weight is 295 g/mol. The van der Waals surface area contributed by atoms with Crippen LogP contribution >= 0.6 is 11.6 Å². The van der Waals surface area contributed by atoms with Crippen molar-refractivity contribution in [3.8, 4) is 0 Å². The van der Waals surface area contributed by atoms with Crippen LogP contribution in [0.3, 0.4) is 0 Å². The van der Waals surface area contributed by atoms with Crippen molar-refractivity contribution in [3.63, 3.8) is 0 Å². The van der Waals surface area contributed by atoms with Crippen molar-refractivity contribution in [2.45, 2.75) is 52.1 Å². The fraction of sp³-hybridized carbons (Fsp3) is 0.647. The van der Waals surface area contributed by atoms with Crippen molar-refractivity contribution in [1.82, 2.24) is 5.32 Å². The van der Waals surface area contributed by atoms with Gasteiger partial charge in [0, 0.05) is 18.6 Å². The lowest BCUT2D eigenvalue weighted by atomic mass is 10.1. The van der Waals surface area contributed by atoms with Crippen LogP contribution in [0, 0.1) is 5.92 Å². The van der Waals surface area contributed by atoms with Gasteiger partial charge in [-0.3, -0.25) is 0 Å². The van der Waals surface area contributed by atoms with Crippen molar-refractivity contribution >= 4 is 17.3 Å². The summed E-state index contributed by atoms with van der Waals surface area (Å²) >= 11 is 6.54. The maximum Gasteiger partial charge on any atom is 0.0642 e. The number of rotatable bonds is 7. The van der Waals surface area contributed by atoms with E-state index in [0.29, 0.717) is 12.1 Å². The van der Waals surface area contributed by atoms with Gasteiger partial charge in [0.15, 0.2) is 0 Å². The highest BCUT2D eigenvalue weighted by Crippen LogP contribution is 2.37. The topological polar surface area (TPSA) is 15.3 Å². The van der Waals surface area contributed by atoms with Gasteiger partial charge in [-0.2, -0.15) is 0 Å². The molecule has 20 heavy (non-hydrogen) atoms. The molecule has 0 spiro atoms. The van der Waals surface area contributed by atoms with Gasteiger partial charge < -0.3 is 10.2 Å². The maximum absolute atomic E-state index is 6.54. The first-order valence-electron chi connectivity index (χ1n) is 7.76. The molecule has 0 aromatic heterocycles. The molecule has 0 amide bonds. The van der Waals surface area contributed by atoms with Crippen molar-refractivity contribution in [1.29, 1.82) is 0 Å². The highest BCUT2D eigenvalue weighted by atomic mass is 35.5. The van der Waals surface area contributed by atoms with Crippen molar-refractivity contribution < 1.29 is 0 Å². The molecule has 1 aliphatic carbocycles. The predicted octanol–water partition coefficient (Wildman–Crippen LogP) is 4.64. The second-order valence-electron chi connectivity index (χ2n) is 6.33. The molecule has 0 bridgehead atoms. The first kappa shape index (κ1) is 15.7. The van der Waals surface area contributed by atoms with E-state index in [1.165, 1.54) is 30.5 Å². The Hall–Kier alpha value is -0.730. The van der Waals surface area contributed by atoms with E-state index < -0.39 is 0 Å². The summed E-state index contributed by atoms with van der Waals surface area (Å²) in [6, 6.07) is 7.56. The summed E-state index contributed by atoms with van der Waals surface area (Å²) in [6.45, 7) is 7.83. The van der Waals surface area contributed by atoms with Gasteiger partial charge in [0.25, 0.3) is 0 Å². The molecule has 1 N–H and O–H groups in total. The molecule has 0 heterocycles. The average Bonchev–Trinajstić information content (AvgIpc) is 3.23. The summed E-state index contributed by atoms with van der Waals surface area (Å²) in [7, 11) is 1.98. The van der Waals surface area contributed by atoms with Crippen LogP contribution < -0.4 is 10.2 Å². The van der Waals surface area contributed by atoms with Crippen LogP contribution in [-0.4, -0.2) is 19.6 Å². The van der Waals surface area contributed by atoms with Crippen LogP contribution in [0.15, 0.2) is 18.2 Å². The Morgan fingerprint density at radius 1 is 1.30 bits per heavy atom. The molecule has 3 heteroatoms. The number of nitrogens with one attached hydrogen (secondary N) is 1. The van der Waals surface area contributed by atoms with Gasteiger partial charge in [0.2, 0.25) is 0 Å². The minimum atomic E-state index is 0.339. The Morgan fingerprint density at radius 3 is 2.50 bits per heavy atom. The van der Waals surface area contributed by atoms with Gasteiger partial charge in [0.05, 0.1) is 10.7 Å². The molecule has 1 aromatic carbocycles. The normalized spacial score (nSPS) is 16.5. The zero-order valence-electron chi connectivity index (χ0n) is 13.1. The molecule has 1 aliphatic rings. The number of hydrogen-bond acceptors (Lipinski definition) is 2. The van der Waals surface area contributed by atoms with Crippen molar-refractivity contribution in [2.24, 2.45) is 5.92 Å². The van der Waals surface area contributed by atoms with Gasteiger partial charge in [-0.1, -0.05) is 31.5 Å². The van der Waals surface area contributed by atoms with E-state index in [4.69, 9.17) is 11.6 Å². The molecule has 1 unspecified atom stereocenters. The van der Waals surface area contributed by atoms with E-state index in [0.717, 1.165) is 17.5 Å². The molecule has 1 saturated carbocycles. The Labute approximate surface area is 128 Å². The van der Waals surface area contributed by atoms with E-state index in [9.17, 15) is 0 Å². The van der Waals surface area contributed by atoms with E-state index in [1.807, 2.05) is 7.05 Å². The number of halogens is 1. The highest BCUT2D eigenvalue weighted by Gasteiger charge is 2.30. The maximum atomic E-state index is 6.54. The standard InChI is InChI=1S/C17H27ClN2/c1-12(2)9-10-20(15-6-7-15)17-8-5-14(11-16(17)18)13(3)19-4/h5,8,11-13,15,19H,6-7,9-10H2,1-4H3. The summed E-state index contributed by atoms with van der Waals surface area (Å²) in [6.07, 6.45) is 3.84. The van der Waals surface area contributed by atoms with E-state index in [-0.39, 0.29) is 0 Å². The Kier molecular flexibility index (Phi) is 5.34. The third kappa shape index (κ3) is 3.89. The molecule has 2 nitrogen and oxygen atoms in total. The highest BCUT2D eigenvalue weighted by molar-refractivity contribution is 6.33. The van der Waals surface area contributed by atoms with Gasteiger partial charge in [-0.25, -0.2) is 0 Å². The van der Waals surface area contributed by atoms with Crippen LogP contribution in [0.2, 0.25) is 5.02 Å². The Bertz CT molecular complexity index is 441. The summed E-state index contributed by atoms with van der Waals surface area (Å²) in [4.78, 5) is 2.51. The fourth-order valence-corrected chi connectivity index (χ4v) is 2.77. The van der Waals surface area contributed by atoms with Crippen LogP contribution in [0.25, 0.3) is 0 Å². The minimum Gasteiger partial charge on any atom is -0.367 e. The summed E-state index contributed by atoms with van der Waals surface area (Å²) in [5, 5.41) is 4.15. The van der Waals surface area contributed by atoms with Gasteiger partial charge >= 0.3 is 0 Å². The zero-order valence-corrected chi connectivity index (χ0v) is 13.9. The molecule has 1 fully saturated rings. The SMILES string of the molecule is CNC(C)c1ccc(N(CCC(C)C)C2CC2)c(Cl)c1. The number of hydrogen-bond donors (Lipinski definition) is 1. The first-order chi connectivity index (χ1) is 9.52. The second kappa shape index (κ2) is 6.82. The second-order valence-corrected chi connectivity index (χ2v) is 6.74. The van der Waals surface area contributed by atoms with Crippen molar-refractivity contribution in [3.05, 3.63) is 28.8 Å². The number of anilines is 1. The monoisotopic (exact) mass is 294 g/mol. The Balaban J connectivity index is 2.16. The lowest BCUT2D eigenvalue weighted by molar-refractivity contribution is 0.570. The quantitative estimate of drug-likeness (QED) is 0.788. The molecule has 1 aromatic rings. The molecule has 1 atom stereocenters. The summed E-state index contributed by atoms with van der Waals surface area (Å²) in [5.74, 6) is 0.735. The lowest BCUT2D eigenvalue weighted by Gasteiger charge is -2.27. The Morgan fingerprint density at radius 2 is 2.00 bits per heavy atom. The van der Waals surface area contributed by atoms with E-state index >= 15 is 0 Å².